The Balaban J connectivity index is 2.25. The van der Waals surface area contributed by atoms with Crippen molar-refractivity contribution < 1.29 is 4.74 Å². The molecular weight excluding hydrogens is 210 g/mol. The van der Waals surface area contributed by atoms with E-state index >= 15 is 0 Å². The second kappa shape index (κ2) is 8.10. The fraction of sp³-hybridized carbons (Fsp3) is 1.00. The van der Waals surface area contributed by atoms with Gasteiger partial charge in [-0.1, -0.05) is 40.5 Å². The third-order valence-electron chi connectivity index (χ3n) is 3.78. The van der Waals surface area contributed by atoms with Crippen LogP contribution >= 0.6 is 0 Å². The van der Waals surface area contributed by atoms with Crippen molar-refractivity contribution in [1.29, 1.82) is 0 Å². The number of rotatable bonds is 7. The molecule has 0 aromatic rings. The maximum Gasteiger partial charge on any atom is 0.0700 e. The van der Waals surface area contributed by atoms with Crippen LogP contribution in [0, 0.1) is 11.8 Å². The molecule has 0 amide bonds. The highest BCUT2D eigenvalue weighted by Gasteiger charge is 2.24. The Kier molecular flexibility index (Phi) is 7.14. The molecule has 1 aliphatic rings. The molecule has 0 saturated heterocycles. The Hall–Kier alpha value is -0.0800. The maximum absolute atomic E-state index is 6.27. The van der Waals surface area contributed by atoms with Crippen LogP contribution < -0.4 is 5.32 Å². The second-order valence-electron chi connectivity index (χ2n) is 6.02. The van der Waals surface area contributed by atoms with E-state index in [0.717, 1.165) is 31.3 Å². The van der Waals surface area contributed by atoms with Crippen LogP contribution in [0.3, 0.4) is 0 Å². The third kappa shape index (κ3) is 5.87. The van der Waals surface area contributed by atoms with E-state index in [1.807, 2.05) is 0 Å². The number of hydrogen-bond acceptors (Lipinski definition) is 2. The molecule has 102 valence electrons. The minimum Gasteiger partial charge on any atom is -0.373 e. The van der Waals surface area contributed by atoms with Crippen LogP contribution in [0.25, 0.3) is 0 Å². The van der Waals surface area contributed by atoms with Crippen molar-refractivity contribution in [2.24, 2.45) is 11.8 Å². The first kappa shape index (κ1) is 15.0. The molecule has 0 aliphatic heterocycles. The number of hydrogen-bond donors (Lipinski definition) is 1. The average Bonchev–Trinajstić information content (AvgIpc) is 2.30. The lowest BCUT2D eigenvalue weighted by Crippen LogP contribution is -2.36. The molecular formula is C15H31NO. The fourth-order valence-corrected chi connectivity index (χ4v) is 2.55. The van der Waals surface area contributed by atoms with Crippen molar-refractivity contribution in [3.8, 4) is 0 Å². The summed E-state index contributed by atoms with van der Waals surface area (Å²) in [6.45, 7) is 11.2. The van der Waals surface area contributed by atoms with Crippen molar-refractivity contribution in [3.63, 3.8) is 0 Å². The Morgan fingerprint density at radius 3 is 2.47 bits per heavy atom. The van der Waals surface area contributed by atoms with Gasteiger partial charge in [0.05, 0.1) is 12.2 Å². The van der Waals surface area contributed by atoms with Gasteiger partial charge in [-0.05, 0) is 37.6 Å². The molecule has 2 nitrogen and oxygen atoms in total. The van der Waals surface area contributed by atoms with E-state index in [4.69, 9.17) is 4.74 Å². The quantitative estimate of drug-likeness (QED) is 0.735. The van der Waals surface area contributed by atoms with Gasteiger partial charge in [0, 0.05) is 6.54 Å². The van der Waals surface area contributed by atoms with Crippen molar-refractivity contribution >= 4 is 0 Å². The van der Waals surface area contributed by atoms with E-state index in [2.05, 4.69) is 33.0 Å². The molecule has 0 spiro atoms. The first-order chi connectivity index (χ1) is 8.13. The monoisotopic (exact) mass is 241 g/mol. The molecule has 1 fully saturated rings. The van der Waals surface area contributed by atoms with Crippen LogP contribution in [-0.4, -0.2) is 25.3 Å². The minimum atomic E-state index is 0.402. The van der Waals surface area contributed by atoms with Crippen molar-refractivity contribution in [3.05, 3.63) is 0 Å². The highest BCUT2D eigenvalue weighted by molar-refractivity contribution is 4.74. The van der Waals surface area contributed by atoms with Crippen molar-refractivity contribution in [1.82, 2.24) is 5.32 Å². The average molecular weight is 241 g/mol. The zero-order valence-electron chi connectivity index (χ0n) is 12.2. The van der Waals surface area contributed by atoms with Gasteiger partial charge in [-0.2, -0.15) is 0 Å². The molecule has 2 heteroatoms. The third-order valence-corrected chi connectivity index (χ3v) is 3.78. The summed E-state index contributed by atoms with van der Waals surface area (Å²) in [5.74, 6) is 1.48. The molecule has 0 radical (unpaired) electrons. The molecule has 0 aromatic heterocycles. The summed E-state index contributed by atoms with van der Waals surface area (Å²) >= 11 is 0. The van der Waals surface area contributed by atoms with Gasteiger partial charge < -0.3 is 10.1 Å². The predicted octanol–water partition coefficient (Wildman–Crippen LogP) is 3.61. The molecule has 3 atom stereocenters. The number of nitrogens with one attached hydrogen (secondary N) is 1. The van der Waals surface area contributed by atoms with Crippen LogP contribution in [0.1, 0.15) is 59.8 Å². The van der Waals surface area contributed by atoms with Gasteiger partial charge in [-0.25, -0.2) is 0 Å². The van der Waals surface area contributed by atoms with Crippen molar-refractivity contribution in [2.45, 2.75) is 72.0 Å². The molecule has 0 aromatic carbocycles. The van der Waals surface area contributed by atoms with Crippen LogP contribution in [0.5, 0.6) is 0 Å². The molecule has 0 bridgehead atoms. The fourth-order valence-electron chi connectivity index (χ4n) is 2.55. The number of ether oxygens (including phenoxy) is 1. The highest BCUT2D eigenvalue weighted by atomic mass is 16.5. The van der Waals surface area contributed by atoms with Crippen LogP contribution in [0.15, 0.2) is 0 Å². The molecule has 17 heavy (non-hydrogen) atoms. The van der Waals surface area contributed by atoms with Gasteiger partial charge in [0.2, 0.25) is 0 Å². The van der Waals surface area contributed by atoms with E-state index in [-0.39, 0.29) is 0 Å². The first-order valence-electron chi connectivity index (χ1n) is 7.49. The molecule has 1 rings (SSSR count). The van der Waals surface area contributed by atoms with Gasteiger partial charge in [0.25, 0.3) is 0 Å². The van der Waals surface area contributed by atoms with Gasteiger partial charge in [-0.15, -0.1) is 0 Å². The Morgan fingerprint density at radius 1 is 1.18 bits per heavy atom. The SMILES string of the molecule is CCC(CNCC(C)C)OC1CCCCC1C. The standard InChI is InChI=1S/C15H31NO/c1-5-14(11-16-10-12(2)3)17-15-9-7-6-8-13(15)4/h12-16H,5-11H2,1-4H3. The van der Waals surface area contributed by atoms with E-state index < -0.39 is 0 Å². The van der Waals surface area contributed by atoms with Crippen LogP contribution in [0.2, 0.25) is 0 Å². The second-order valence-corrected chi connectivity index (χ2v) is 6.02. The van der Waals surface area contributed by atoms with E-state index in [1.165, 1.54) is 25.7 Å². The lowest BCUT2D eigenvalue weighted by atomic mass is 9.88. The summed E-state index contributed by atoms with van der Waals surface area (Å²) < 4.78 is 6.27. The highest BCUT2D eigenvalue weighted by Crippen LogP contribution is 2.27. The first-order valence-corrected chi connectivity index (χ1v) is 7.49. The Labute approximate surface area is 108 Å². The molecule has 1 N–H and O–H groups in total. The maximum atomic E-state index is 6.27. The van der Waals surface area contributed by atoms with Gasteiger partial charge in [-0.3, -0.25) is 0 Å². The Bertz CT molecular complexity index is 193. The van der Waals surface area contributed by atoms with Gasteiger partial charge in [0.1, 0.15) is 0 Å². The van der Waals surface area contributed by atoms with Gasteiger partial charge >= 0.3 is 0 Å². The minimum absolute atomic E-state index is 0.402. The summed E-state index contributed by atoms with van der Waals surface area (Å²) in [6.07, 6.45) is 7.39. The zero-order chi connectivity index (χ0) is 12.7. The summed E-state index contributed by atoms with van der Waals surface area (Å²) in [5.41, 5.74) is 0. The Morgan fingerprint density at radius 2 is 1.88 bits per heavy atom. The molecule has 3 unspecified atom stereocenters. The van der Waals surface area contributed by atoms with Crippen molar-refractivity contribution in [2.75, 3.05) is 13.1 Å². The smallest absolute Gasteiger partial charge is 0.0700 e. The van der Waals surface area contributed by atoms with Gasteiger partial charge in [0.15, 0.2) is 0 Å². The van der Waals surface area contributed by atoms with E-state index in [9.17, 15) is 0 Å². The predicted molar refractivity (Wildman–Crippen MR) is 74.3 cm³/mol. The van der Waals surface area contributed by atoms with E-state index in [1.54, 1.807) is 0 Å². The topological polar surface area (TPSA) is 21.3 Å². The normalized spacial score (nSPS) is 27.4. The lowest BCUT2D eigenvalue weighted by molar-refractivity contribution is -0.0557. The summed E-state index contributed by atoms with van der Waals surface area (Å²) in [6, 6.07) is 0. The van der Waals surface area contributed by atoms with Crippen LogP contribution in [0.4, 0.5) is 0 Å². The van der Waals surface area contributed by atoms with E-state index in [0.29, 0.717) is 12.2 Å². The molecule has 1 aliphatic carbocycles. The largest absolute Gasteiger partial charge is 0.373 e. The lowest BCUT2D eigenvalue weighted by Gasteiger charge is -2.32. The summed E-state index contributed by atoms with van der Waals surface area (Å²) in [5, 5.41) is 3.52. The van der Waals surface area contributed by atoms with Crippen LogP contribution in [-0.2, 0) is 4.74 Å². The zero-order valence-corrected chi connectivity index (χ0v) is 12.2. The summed E-state index contributed by atoms with van der Waals surface area (Å²) in [4.78, 5) is 0. The molecule has 1 saturated carbocycles. The summed E-state index contributed by atoms with van der Waals surface area (Å²) in [7, 11) is 0. The molecule has 0 heterocycles.